The molecular weight excluding hydrogens is 318 g/mol. The van der Waals surface area contributed by atoms with E-state index in [9.17, 15) is 14.4 Å². The molecule has 6 nitrogen and oxygen atoms in total. The van der Waals surface area contributed by atoms with Gasteiger partial charge in [0.1, 0.15) is 11.4 Å². The minimum atomic E-state index is -0.659. The summed E-state index contributed by atoms with van der Waals surface area (Å²) in [5.41, 5.74) is -0.847. The molecule has 1 N–H and O–H groups in total. The first-order valence-electron chi connectivity index (χ1n) is 7.95. The molecule has 0 atom stereocenters. The van der Waals surface area contributed by atoms with Crippen LogP contribution < -0.4 is 21.1 Å². The van der Waals surface area contributed by atoms with Crippen molar-refractivity contribution in [2.75, 3.05) is 10.2 Å². The van der Waals surface area contributed by atoms with Gasteiger partial charge in [-0.2, -0.15) is 0 Å². The van der Waals surface area contributed by atoms with E-state index in [1.807, 2.05) is 26.8 Å². The van der Waals surface area contributed by atoms with Crippen molar-refractivity contribution in [3.8, 4) is 0 Å². The van der Waals surface area contributed by atoms with Gasteiger partial charge in [-0.1, -0.05) is 12.1 Å². The van der Waals surface area contributed by atoms with Crippen LogP contribution in [0, 0.1) is 0 Å². The third-order valence-electron chi connectivity index (χ3n) is 3.82. The van der Waals surface area contributed by atoms with Crippen LogP contribution >= 0.6 is 0 Å². The monoisotopic (exact) mass is 337 g/mol. The number of rotatable bonds is 3. The average Bonchev–Trinajstić information content (AvgIpc) is 2.56. The zero-order chi connectivity index (χ0) is 18.4. The van der Waals surface area contributed by atoms with Crippen LogP contribution in [0.1, 0.15) is 27.7 Å². The number of benzene rings is 1. The third-order valence-corrected chi connectivity index (χ3v) is 3.82. The number of nitrogens with zero attached hydrogens (tertiary/aromatic N) is 2. The Hall–Kier alpha value is -3.02. The molecule has 0 aliphatic heterocycles. The summed E-state index contributed by atoms with van der Waals surface area (Å²) in [5.74, 6) is -0.339. The summed E-state index contributed by atoms with van der Waals surface area (Å²) in [6.45, 7) is 7.03. The average molecular weight is 337 g/mol. The fraction of sp³-hybridized carbons (Fsp3) is 0.263. The largest absolute Gasteiger partial charge is 0.375 e. The maximum Gasteiger partial charge on any atom is 0.254 e. The number of carbonyl (C=O) groups is 1. The van der Waals surface area contributed by atoms with Gasteiger partial charge in [0.25, 0.3) is 10.9 Å². The molecule has 0 bridgehead atoms. The molecule has 0 aliphatic carbocycles. The quantitative estimate of drug-likeness (QED) is 0.744. The number of hydrogen-bond acceptors (Lipinski definition) is 5. The number of carbonyl (C=O) groups excluding carboxylic acids is 1. The highest BCUT2D eigenvalue weighted by molar-refractivity contribution is 6.09. The number of aromatic nitrogens is 1. The van der Waals surface area contributed by atoms with E-state index in [2.05, 4.69) is 10.3 Å². The highest BCUT2D eigenvalue weighted by Crippen LogP contribution is 2.34. The van der Waals surface area contributed by atoms with Crippen LogP contribution in [0.4, 0.5) is 17.1 Å². The smallest absolute Gasteiger partial charge is 0.254 e. The molecule has 1 aromatic heterocycles. The third kappa shape index (κ3) is 2.91. The molecule has 6 heteroatoms. The first-order chi connectivity index (χ1) is 11.7. The van der Waals surface area contributed by atoms with Crippen molar-refractivity contribution in [1.29, 1.82) is 0 Å². The van der Waals surface area contributed by atoms with E-state index in [1.54, 1.807) is 30.6 Å². The summed E-state index contributed by atoms with van der Waals surface area (Å²) in [4.78, 5) is 42.1. The Bertz CT molecular complexity index is 1030. The Morgan fingerprint density at radius 2 is 1.84 bits per heavy atom. The minimum absolute atomic E-state index is 0.0942. The minimum Gasteiger partial charge on any atom is -0.375 e. The molecule has 0 unspecified atom stereocenters. The lowest BCUT2D eigenvalue weighted by Crippen LogP contribution is -2.45. The van der Waals surface area contributed by atoms with Crippen molar-refractivity contribution < 1.29 is 4.79 Å². The van der Waals surface area contributed by atoms with Crippen molar-refractivity contribution >= 4 is 33.7 Å². The summed E-state index contributed by atoms with van der Waals surface area (Å²) in [6.07, 6.45) is 3.31. The van der Waals surface area contributed by atoms with E-state index in [1.165, 1.54) is 11.8 Å². The van der Waals surface area contributed by atoms with Crippen molar-refractivity contribution in [3.05, 3.63) is 57.1 Å². The maximum atomic E-state index is 12.4. The van der Waals surface area contributed by atoms with E-state index < -0.39 is 16.4 Å². The topological polar surface area (TPSA) is 79.4 Å². The van der Waals surface area contributed by atoms with Crippen molar-refractivity contribution in [1.82, 2.24) is 4.98 Å². The molecule has 3 aromatic rings. The van der Waals surface area contributed by atoms with E-state index in [4.69, 9.17) is 0 Å². The number of nitrogens with one attached hydrogen (secondary N) is 1. The van der Waals surface area contributed by atoms with Gasteiger partial charge in [-0.15, -0.1) is 0 Å². The predicted octanol–water partition coefficient (Wildman–Crippen LogP) is 2.73. The van der Waals surface area contributed by atoms with Crippen LogP contribution in [-0.4, -0.2) is 16.4 Å². The second-order valence-electron chi connectivity index (χ2n) is 6.99. The molecule has 25 heavy (non-hydrogen) atoms. The van der Waals surface area contributed by atoms with Crippen LogP contribution in [0.3, 0.4) is 0 Å². The molecule has 0 saturated carbocycles. The second kappa shape index (κ2) is 5.81. The standard InChI is InChI=1S/C19H19N3O3/c1-11(23)22(14-7-5-6-12-10-20-9-8-13(12)14)16-15(17(24)18(16)25)21-19(2,3)4/h5-10,21H,1-4H3. The van der Waals surface area contributed by atoms with Gasteiger partial charge in [0.05, 0.1) is 5.69 Å². The van der Waals surface area contributed by atoms with Crippen molar-refractivity contribution in [3.63, 3.8) is 0 Å². The fourth-order valence-electron chi connectivity index (χ4n) is 2.83. The second-order valence-corrected chi connectivity index (χ2v) is 6.99. The Balaban J connectivity index is 2.22. The highest BCUT2D eigenvalue weighted by Gasteiger charge is 2.32. The zero-order valence-electron chi connectivity index (χ0n) is 14.6. The molecule has 2 aromatic carbocycles. The van der Waals surface area contributed by atoms with Crippen LogP contribution in [-0.2, 0) is 4.79 Å². The van der Waals surface area contributed by atoms with Crippen LogP contribution in [0.25, 0.3) is 10.8 Å². The van der Waals surface area contributed by atoms with E-state index in [0.29, 0.717) is 5.69 Å². The van der Waals surface area contributed by atoms with Crippen LogP contribution in [0.2, 0.25) is 0 Å². The fourth-order valence-corrected chi connectivity index (χ4v) is 2.83. The Morgan fingerprint density at radius 3 is 2.48 bits per heavy atom. The van der Waals surface area contributed by atoms with E-state index in [0.717, 1.165) is 10.8 Å². The molecular formula is C19H19N3O3. The Kier molecular flexibility index (Phi) is 3.91. The lowest BCUT2D eigenvalue weighted by atomic mass is 10.0. The SMILES string of the molecule is CC(=O)N(c1c(NC(C)(C)C)c(=O)c1=O)c1cccc2cnccc12. The molecule has 0 spiro atoms. The van der Waals surface area contributed by atoms with Crippen LogP contribution in [0.15, 0.2) is 46.2 Å². The van der Waals surface area contributed by atoms with E-state index >= 15 is 0 Å². The van der Waals surface area contributed by atoms with Gasteiger partial charge in [0, 0.05) is 35.6 Å². The molecule has 1 amide bonds. The van der Waals surface area contributed by atoms with Gasteiger partial charge >= 0.3 is 0 Å². The highest BCUT2D eigenvalue weighted by atomic mass is 16.2. The number of anilines is 3. The normalized spacial score (nSPS) is 11.7. The Morgan fingerprint density at radius 1 is 1.12 bits per heavy atom. The van der Waals surface area contributed by atoms with Gasteiger partial charge in [-0.25, -0.2) is 0 Å². The van der Waals surface area contributed by atoms with Crippen molar-refractivity contribution in [2.24, 2.45) is 0 Å². The molecule has 128 valence electrons. The zero-order valence-corrected chi connectivity index (χ0v) is 14.6. The first-order valence-corrected chi connectivity index (χ1v) is 7.95. The molecule has 0 aliphatic rings. The molecule has 0 radical (unpaired) electrons. The van der Waals surface area contributed by atoms with E-state index in [-0.39, 0.29) is 17.3 Å². The molecule has 1 heterocycles. The van der Waals surface area contributed by atoms with Gasteiger partial charge in [0.15, 0.2) is 0 Å². The van der Waals surface area contributed by atoms with Gasteiger partial charge in [-0.3, -0.25) is 24.3 Å². The van der Waals surface area contributed by atoms with Gasteiger partial charge in [-0.05, 0) is 32.9 Å². The summed E-state index contributed by atoms with van der Waals surface area (Å²) in [6, 6.07) is 7.20. The number of amides is 1. The lowest BCUT2D eigenvalue weighted by molar-refractivity contribution is -0.115. The molecule has 0 saturated heterocycles. The first kappa shape index (κ1) is 16.8. The predicted molar refractivity (Wildman–Crippen MR) is 99.3 cm³/mol. The summed E-state index contributed by atoms with van der Waals surface area (Å²) >= 11 is 0. The van der Waals surface area contributed by atoms with Gasteiger partial charge < -0.3 is 5.32 Å². The summed E-state index contributed by atoms with van der Waals surface area (Å²) in [7, 11) is 0. The summed E-state index contributed by atoms with van der Waals surface area (Å²) in [5, 5.41) is 4.66. The van der Waals surface area contributed by atoms with Crippen molar-refractivity contribution in [2.45, 2.75) is 33.2 Å². The maximum absolute atomic E-state index is 12.4. The lowest BCUT2D eigenvalue weighted by Gasteiger charge is -2.29. The molecule has 3 rings (SSSR count). The number of fused-ring (bicyclic) bond motifs is 1. The Labute approximate surface area is 144 Å². The number of hydrogen-bond donors (Lipinski definition) is 1. The summed E-state index contributed by atoms with van der Waals surface area (Å²) < 4.78 is 0. The van der Waals surface area contributed by atoms with Gasteiger partial charge in [0.2, 0.25) is 5.91 Å². The molecule has 0 fully saturated rings. The number of pyridine rings is 1. The van der Waals surface area contributed by atoms with Crippen LogP contribution in [0.5, 0.6) is 0 Å².